The quantitative estimate of drug-likeness (QED) is 0.0169. The molecule has 0 saturated heterocycles. The molecule has 0 spiro atoms. The number of rotatable bonds is 77. The zero-order valence-electron chi connectivity index (χ0n) is 68.4. The van der Waals surface area contributed by atoms with Gasteiger partial charge < -0.3 is 33.8 Å². The van der Waals surface area contributed by atoms with E-state index in [-0.39, 0.29) is 25.7 Å². The molecule has 0 aromatic carbocycles. The summed E-state index contributed by atoms with van der Waals surface area (Å²) in [6.45, 7) is 4.45. The molecule has 0 aliphatic rings. The molecule has 0 radical (unpaired) electrons. The Morgan fingerprint density at radius 3 is 0.782 bits per heavy atom. The van der Waals surface area contributed by atoms with E-state index in [1.54, 1.807) is 0 Å². The second-order valence-corrected chi connectivity index (χ2v) is 30.2. The van der Waals surface area contributed by atoms with Crippen LogP contribution in [-0.4, -0.2) is 96.7 Å². The zero-order chi connectivity index (χ0) is 80.3. The third kappa shape index (κ3) is 80.2. The number of unbranched alkanes of at least 4 members (excludes halogenated alkanes) is 21. The lowest BCUT2D eigenvalue weighted by atomic mass is 10.1. The Bertz CT molecular complexity index is 2800. The summed E-state index contributed by atoms with van der Waals surface area (Å²) in [4.78, 5) is 73.2. The molecule has 17 nitrogen and oxygen atoms in total. The Morgan fingerprint density at radius 1 is 0.264 bits per heavy atom. The molecule has 0 heterocycles. The van der Waals surface area contributed by atoms with Crippen LogP contribution in [0.5, 0.6) is 0 Å². The summed E-state index contributed by atoms with van der Waals surface area (Å²) in [6.07, 6.45) is 98.7. The van der Waals surface area contributed by atoms with Gasteiger partial charge in [-0.1, -0.05) is 293 Å². The van der Waals surface area contributed by atoms with Gasteiger partial charge in [0, 0.05) is 25.7 Å². The van der Waals surface area contributed by atoms with Crippen LogP contribution in [0.15, 0.2) is 182 Å². The molecule has 3 N–H and O–H groups in total. The first kappa shape index (κ1) is 104. The van der Waals surface area contributed by atoms with Crippen LogP contribution in [0.2, 0.25) is 0 Å². The van der Waals surface area contributed by atoms with Crippen molar-refractivity contribution >= 4 is 39.5 Å². The number of hydrogen-bond donors (Lipinski definition) is 3. The highest BCUT2D eigenvalue weighted by atomic mass is 31.2. The van der Waals surface area contributed by atoms with Crippen LogP contribution in [0, 0.1) is 0 Å². The Kier molecular flexibility index (Phi) is 76.9. The van der Waals surface area contributed by atoms with Gasteiger partial charge in [0.05, 0.1) is 26.4 Å². The van der Waals surface area contributed by atoms with Crippen LogP contribution >= 0.6 is 15.6 Å². The normalized spacial score (nSPS) is 14.7. The number of carbonyl (C=O) groups excluding carboxylic acids is 4. The first-order chi connectivity index (χ1) is 53.7. The van der Waals surface area contributed by atoms with Crippen LogP contribution in [0.4, 0.5) is 0 Å². The van der Waals surface area contributed by atoms with Gasteiger partial charge in [-0.3, -0.25) is 37.3 Å². The summed E-state index contributed by atoms with van der Waals surface area (Å²) in [5.74, 6) is -2.34. The lowest BCUT2D eigenvalue weighted by molar-refractivity contribution is -0.161. The van der Waals surface area contributed by atoms with Crippen LogP contribution in [0.1, 0.15) is 310 Å². The third-order valence-corrected chi connectivity index (χ3v) is 18.7. The van der Waals surface area contributed by atoms with Crippen LogP contribution in [0.3, 0.4) is 0 Å². The van der Waals surface area contributed by atoms with Crippen LogP contribution in [-0.2, 0) is 65.4 Å². The number of allylic oxidation sites excluding steroid dienone is 30. The lowest BCUT2D eigenvalue weighted by Crippen LogP contribution is -2.30. The van der Waals surface area contributed by atoms with Crippen molar-refractivity contribution in [3.8, 4) is 0 Å². The standard InChI is InChI=1S/C91H148O17P2/c1-5-9-13-17-21-25-29-33-37-40-42-45-48-51-55-59-63-67-71-75-88(93)101-81-86(107-90(95)77-73-69-65-61-57-53-47-36-32-28-24-20-16-12-8-4)83-105-109(97,98)103-79-85(92)80-104-110(99,100)106-84-87(108-91(96)78-74-70-66-62-58-54-50-44-39-35-31-27-23-19-15-11-7-3)82-102-89(94)76-72-68-64-60-56-52-49-46-43-41-38-34-30-26-22-18-14-10-6-2/h9,11,13,15,21-28,33-39,42-43,45-47,50-51,54-55,63,67,85-87,92H,5-8,10,12,14,16-20,29-32,40-41,44,48-49,52-53,56-62,64-66,68-84H2,1-4H3,(H,97,98)(H,99,100)/b13-9-,15-11-,25-21-,26-22-,27-23-,28-24-,37-33-,38-34-,39-35-,45-42-,46-43-,47-36-,54-50-,55-51-,67-63-. The maximum absolute atomic E-state index is 13.1. The summed E-state index contributed by atoms with van der Waals surface area (Å²) >= 11 is 0. The van der Waals surface area contributed by atoms with E-state index < -0.39 is 97.5 Å². The number of esters is 4. The molecule has 0 aromatic rings. The number of aliphatic hydroxyl groups is 1. The van der Waals surface area contributed by atoms with Gasteiger partial charge in [0.25, 0.3) is 0 Å². The highest BCUT2D eigenvalue weighted by molar-refractivity contribution is 7.47. The fourth-order valence-corrected chi connectivity index (χ4v) is 12.1. The average Bonchev–Trinajstić information content (AvgIpc) is 0.899. The van der Waals surface area contributed by atoms with E-state index in [4.69, 9.17) is 37.0 Å². The van der Waals surface area contributed by atoms with Gasteiger partial charge in [0.2, 0.25) is 0 Å². The summed E-state index contributed by atoms with van der Waals surface area (Å²) in [5, 5.41) is 10.7. The minimum Gasteiger partial charge on any atom is -0.462 e. The van der Waals surface area contributed by atoms with Crippen molar-refractivity contribution in [1.82, 2.24) is 0 Å². The molecule has 5 unspecified atom stereocenters. The zero-order valence-corrected chi connectivity index (χ0v) is 70.1. The third-order valence-electron chi connectivity index (χ3n) is 16.8. The van der Waals surface area contributed by atoms with Gasteiger partial charge in [-0.2, -0.15) is 0 Å². The molecule has 110 heavy (non-hydrogen) atoms. The largest absolute Gasteiger partial charge is 0.472 e. The molecule has 0 aromatic heterocycles. The Labute approximate surface area is 666 Å². The first-order valence-corrected chi connectivity index (χ1v) is 45.0. The van der Waals surface area contributed by atoms with Crippen molar-refractivity contribution < 1.29 is 80.2 Å². The Hall–Kier alpha value is -5.84. The Balaban J connectivity index is 5.50. The number of phosphoric acid groups is 2. The summed E-state index contributed by atoms with van der Waals surface area (Å²) in [7, 11) is -10.0. The van der Waals surface area contributed by atoms with Crippen molar-refractivity contribution in [2.75, 3.05) is 39.6 Å². The van der Waals surface area contributed by atoms with Crippen LogP contribution < -0.4 is 0 Å². The molecular formula is C91H148O17P2. The minimum absolute atomic E-state index is 0.0264. The summed E-state index contributed by atoms with van der Waals surface area (Å²) in [6, 6.07) is 0. The predicted molar refractivity (Wildman–Crippen MR) is 454 cm³/mol. The fraction of sp³-hybridized carbons (Fsp3) is 0.626. The lowest BCUT2D eigenvalue weighted by Gasteiger charge is -2.21. The van der Waals surface area contributed by atoms with E-state index >= 15 is 0 Å². The number of carbonyl (C=O) groups is 4. The van der Waals surface area contributed by atoms with E-state index in [1.807, 2.05) is 18.2 Å². The topological polar surface area (TPSA) is 237 Å². The molecule has 0 fully saturated rings. The number of hydrogen-bond acceptors (Lipinski definition) is 15. The molecule has 0 bridgehead atoms. The van der Waals surface area contributed by atoms with E-state index in [2.05, 4.69) is 192 Å². The SMILES string of the molecule is CC/C=C\C/C=C\C/C=C\C/C=C\C/C=C\C/C=C\CCC(=O)OCC(COP(=O)(O)OCC(O)COP(=O)(O)OCC(COC(=O)CCCCCCCC/C=C\C/C=C\C/C=C\CCCCC)OC(=O)CCCCCC/C=C\C/C=C\C/C=C\C/C=C\CC)OC(=O)CCCCCCC/C=C\C/C=C\CCCCC. The smallest absolute Gasteiger partial charge is 0.462 e. The molecule has 0 rings (SSSR count). The maximum atomic E-state index is 13.1. The van der Waals surface area contributed by atoms with Gasteiger partial charge in [-0.05, 0) is 173 Å². The van der Waals surface area contributed by atoms with E-state index in [1.165, 1.54) is 38.5 Å². The highest BCUT2D eigenvalue weighted by Gasteiger charge is 2.30. The minimum atomic E-state index is -5.01. The average molecular weight is 1580 g/mol. The monoisotopic (exact) mass is 1580 g/mol. The molecule has 5 atom stereocenters. The molecule has 624 valence electrons. The fourth-order valence-electron chi connectivity index (χ4n) is 10.5. The number of aliphatic hydroxyl groups excluding tert-OH is 1. The van der Waals surface area contributed by atoms with Crippen molar-refractivity contribution in [3.05, 3.63) is 182 Å². The van der Waals surface area contributed by atoms with E-state index in [0.29, 0.717) is 32.1 Å². The van der Waals surface area contributed by atoms with Crippen molar-refractivity contribution in [3.63, 3.8) is 0 Å². The molecule has 19 heteroatoms. The second kappa shape index (κ2) is 81.2. The maximum Gasteiger partial charge on any atom is 0.472 e. The molecule has 0 amide bonds. The second-order valence-electron chi connectivity index (χ2n) is 27.3. The van der Waals surface area contributed by atoms with Crippen LogP contribution in [0.25, 0.3) is 0 Å². The summed E-state index contributed by atoms with van der Waals surface area (Å²) in [5.41, 5.74) is 0. The first-order valence-electron chi connectivity index (χ1n) is 42.0. The van der Waals surface area contributed by atoms with Crippen molar-refractivity contribution in [2.24, 2.45) is 0 Å². The van der Waals surface area contributed by atoms with Gasteiger partial charge >= 0.3 is 39.5 Å². The van der Waals surface area contributed by atoms with E-state index in [9.17, 15) is 43.2 Å². The predicted octanol–water partition coefficient (Wildman–Crippen LogP) is 25.1. The van der Waals surface area contributed by atoms with Gasteiger partial charge in [-0.15, -0.1) is 0 Å². The summed E-state index contributed by atoms with van der Waals surface area (Å²) < 4.78 is 68.7. The van der Waals surface area contributed by atoms with Gasteiger partial charge in [0.15, 0.2) is 12.2 Å². The van der Waals surface area contributed by atoms with Gasteiger partial charge in [0.1, 0.15) is 19.3 Å². The molecule has 0 aliphatic heterocycles. The molecular weight excluding hydrogens is 1430 g/mol. The molecule has 0 saturated carbocycles. The Morgan fingerprint density at radius 2 is 0.491 bits per heavy atom. The van der Waals surface area contributed by atoms with Crippen molar-refractivity contribution in [1.29, 1.82) is 0 Å². The van der Waals surface area contributed by atoms with Gasteiger partial charge in [-0.25, -0.2) is 9.13 Å². The highest BCUT2D eigenvalue weighted by Crippen LogP contribution is 2.45. The van der Waals surface area contributed by atoms with E-state index in [0.717, 1.165) is 186 Å². The number of phosphoric ester groups is 2. The number of ether oxygens (including phenoxy) is 4. The molecule has 0 aliphatic carbocycles. The van der Waals surface area contributed by atoms with Crippen molar-refractivity contribution in [2.45, 2.75) is 329 Å².